The van der Waals surface area contributed by atoms with E-state index >= 15 is 0 Å². The highest BCUT2D eigenvalue weighted by Gasteiger charge is 2.22. The molecule has 0 aliphatic carbocycles. The summed E-state index contributed by atoms with van der Waals surface area (Å²) in [5, 5.41) is 16.2. The minimum Gasteiger partial charge on any atom is -0.505 e. The number of anilines is 1. The molecule has 2 aromatic heterocycles. The lowest BCUT2D eigenvalue weighted by Gasteiger charge is -2.23. The zero-order valence-electron chi connectivity index (χ0n) is 15.9. The van der Waals surface area contributed by atoms with Gasteiger partial charge in [-0.05, 0) is 31.5 Å². The molecule has 2 aromatic carbocycles. The van der Waals surface area contributed by atoms with E-state index in [2.05, 4.69) is 15.3 Å². The number of hydrogen-bond donors (Lipinski definition) is 2. The Hall–Kier alpha value is -2.82. The Bertz CT molecular complexity index is 1200. The van der Waals surface area contributed by atoms with Gasteiger partial charge in [0.2, 0.25) is 0 Å². The molecule has 0 aliphatic rings. The van der Waals surface area contributed by atoms with Gasteiger partial charge in [0, 0.05) is 16.6 Å². The van der Waals surface area contributed by atoms with Gasteiger partial charge in [0.25, 0.3) is 0 Å². The van der Waals surface area contributed by atoms with Gasteiger partial charge in [-0.3, -0.25) is 0 Å². The summed E-state index contributed by atoms with van der Waals surface area (Å²) in [6, 6.07) is 18.8. The second-order valence-electron chi connectivity index (χ2n) is 6.90. The molecule has 1 unspecified atom stereocenters. The second-order valence-corrected chi connectivity index (χ2v) is 7.72. The molecule has 4 nitrogen and oxygen atoms in total. The molecule has 29 heavy (non-hydrogen) atoms. The first-order valence-electron chi connectivity index (χ1n) is 9.17. The van der Waals surface area contributed by atoms with E-state index in [9.17, 15) is 5.11 Å². The maximum atomic E-state index is 11.1. The van der Waals surface area contributed by atoms with Crippen molar-refractivity contribution in [2.75, 3.05) is 5.32 Å². The van der Waals surface area contributed by atoms with Crippen molar-refractivity contribution in [3.63, 3.8) is 0 Å². The molecule has 1 atom stereocenters. The number of fused-ring (bicyclic) bond motifs is 1. The number of nitrogens with zero attached hydrogens (tertiary/aromatic N) is 2. The van der Waals surface area contributed by atoms with E-state index in [-0.39, 0.29) is 11.8 Å². The first-order valence-corrected chi connectivity index (χ1v) is 9.93. The van der Waals surface area contributed by atoms with Crippen molar-refractivity contribution in [1.29, 1.82) is 0 Å². The average molecular weight is 424 g/mol. The van der Waals surface area contributed by atoms with E-state index < -0.39 is 0 Å². The third kappa shape index (κ3) is 3.86. The van der Waals surface area contributed by atoms with Crippen LogP contribution in [-0.2, 0) is 0 Å². The highest BCUT2D eigenvalue weighted by atomic mass is 35.5. The summed E-state index contributed by atoms with van der Waals surface area (Å²) >= 11 is 12.5. The van der Waals surface area contributed by atoms with Gasteiger partial charge in [0.05, 0.1) is 21.8 Å². The minimum atomic E-state index is -0.381. The molecular formula is C23H19Cl2N3O. The van der Waals surface area contributed by atoms with Crippen molar-refractivity contribution in [3.05, 3.63) is 93.2 Å². The minimum absolute atomic E-state index is 0.134. The molecule has 6 heteroatoms. The number of aromatic nitrogens is 2. The maximum absolute atomic E-state index is 11.1. The van der Waals surface area contributed by atoms with E-state index in [0.29, 0.717) is 32.6 Å². The topological polar surface area (TPSA) is 58.0 Å². The first-order chi connectivity index (χ1) is 13.9. The molecule has 2 N–H and O–H groups in total. The number of nitrogens with one attached hydrogen (secondary N) is 1. The van der Waals surface area contributed by atoms with Crippen molar-refractivity contribution in [1.82, 2.24) is 9.97 Å². The third-order valence-electron chi connectivity index (χ3n) is 4.84. The number of rotatable bonds is 4. The van der Waals surface area contributed by atoms with Crippen LogP contribution < -0.4 is 5.32 Å². The SMILES string of the molecule is Cc1ccc2ccc(C(Nc3nc(C)c(Cl)cc3Cl)c3ccccc3)c(O)c2n1. The first kappa shape index (κ1) is 19.5. The van der Waals surface area contributed by atoms with Gasteiger partial charge >= 0.3 is 0 Å². The fourth-order valence-electron chi connectivity index (χ4n) is 3.30. The van der Waals surface area contributed by atoms with E-state index in [1.807, 2.05) is 68.4 Å². The number of aryl methyl sites for hydroxylation is 2. The van der Waals surface area contributed by atoms with Gasteiger partial charge in [0.15, 0.2) is 0 Å². The molecule has 0 aliphatic heterocycles. The smallest absolute Gasteiger partial charge is 0.147 e. The lowest BCUT2D eigenvalue weighted by atomic mass is 9.96. The van der Waals surface area contributed by atoms with Crippen LogP contribution >= 0.6 is 23.2 Å². The largest absolute Gasteiger partial charge is 0.505 e. The Morgan fingerprint density at radius 2 is 1.62 bits per heavy atom. The standard InChI is InChI=1S/C23H19Cl2N3O/c1-13-8-9-16-10-11-17(22(29)21(16)26-13)20(15-6-4-3-5-7-15)28-23-19(25)12-18(24)14(2)27-23/h3-12,20,29H,1-2H3,(H,27,28). The van der Waals surface area contributed by atoms with Crippen molar-refractivity contribution in [2.45, 2.75) is 19.9 Å². The summed E-state index contributed by atoms with van der Waals surface area (Å²) in [6.45, 7) is 3.72. The lowest BCUT2D eigenvalue weighted by Crippen LogP contribution is -2.14. The van der Waals surface area contributed by atoms with Crippen molar-refractivity contribution in [3.8, 4) is 5.75 Å². The molecule has 4 aromatic rings. The van der Waals surface area contributed by atoms with Gasteiger partial charge in [-0.25, -0.2) is 9.97 Å². The zero-order chi connectivity index (χ0) is 20.5. The Balaban J connectivity index is 1.87. The summed E-state index contributed by atoms with van der Waals surface area (Å²) < 4.78 is 0. The van der Waals surface area contributed by atoms with Crippen LogP contribution in [0.2, 0.25) is 10.0 Å². The van der Waals surface area contributed by atoms with Crippen LogP contribution in [0, 0.1) is 13.8 Å². The van der Waals surface area contributed by atoms with Crippen LogP contribution in [0.15, 0.2) is 60.7 Å². The Labute approximate surface area is 179 Å². The maximum Gasteiger partial charge on any atom is 0.147 e. The number of phenols is 1. The van der Waals surface area contributed by atoms with Gasteiger partial charge in [0.1, 0.15) is 17.1 Å². The number of hydrogen-bond acceptors (Lipinski definition) is 4. The number of phenolic OH excluding ortho intramolecular Hbond substituents is 1. The number of aromatic hydroxyl groups is 1. The Morgan fingerprint density at radius 3 is 2.38 bits per heavy atom. The number of pyridine rings is 2. The Kier molecular flexibility index (Phi) is 5.31. The number of halogens is 2. The molecular weight excluding hydrogens is 405 g/mol. The van der Waals surface area contributed by atoms with Gasteiger partial charge in [-0.1, -0.05) is 71.7 Å². The van der Waals surface area contributed by atoms with Gasteiger partial charge < -0.3 is 10.4 Å². The molecule has 2 heterocycles. The summed E-state index contributed by atoms with van der Waals surface area (Å²) in [7, 11) is 0. The van der Waals surface area contributed by atoms with Crippen LogP contribution in [0.3, 0.4) is 0 Å². The van der Waals surface area contributed by atoms with Crippen molar-refractivity contribution >= 4 is 39.9 Å². The number of benzene rings is 2. The summed E-state index contributed by atoms with van der Waals surface area (Å²) in [5.74, 6) is 0.633. The molecule has 0 spiro atoms. The molecule has 146 valence electrons. The van der Waals surface area contributed by atoms with E-state index in [0.717, 1.165) is 16.6 Å². The summed E-state index contributed by atoms with van der Waals surface area (Å²) in [5.41, 5.74) is 3.72. The van der Waals surface area contributed by atoms with Crippen LogP contribution in [0.5, 0.6) is 5.75 Å². The molecule has 0 fully saturated rings. The zero-order valence-corrected chi connectivity index (χ0v) is 17.5. The summed E-state index contributed by atoms with van der Waals surface area (Å²) in [4.78, 5) is 9.02. The molecule has 0 saturated carbocycles. The van der Waals surface area contributed by atoms with Crippen LogP contribution in [-0.4, -0.2) is 15.1 Å². The second kappa shape index (κ2) is 7.90. The normalized spacial score (nSPS) is 12.1. The molecule has 0 radical (unpaired) electrons. The van der Waals surface area contributed by atoms with E-state index in [1.165, 1.54) is 0 Å². The fraction of sp³-hybridized carbons (Fsp3) is 0.130. The molecule has 4 rings (SSSR count). The van der Waals surface area contributed by atoms with Crippen LogP contribution in [0.4, 0.5) is 5.82 Å². The highest BCUT2D eigenvalue weighted by molar-refractivity contribution is 6.36. The molecule has 0 bridgehead atoms. The summed E-state index contributed by atoms with van der Waals surface area (Å²) in [6.07, 6.45) is 0. The fourth-order valence-corrected chi connectivity index (χ4v) is 3.72. The molecule has 0 amide bonds. The van der Waals surface area contributed by atoms with Gasteiger partial charge in [-0.2, -0.15) is 0 Å². The molecule has 0 saturated heterocycles. The third-order valence-corrected chi connectivity index (χ3v) is 5.51. The predicted octanol–water partition coefficient (Wildman–Crippen LogP) is 6.46. The monoisotopic (exact) mass is 423 g/mol. The van der Waals surface area contributed by atoms with E-state index in [4.69, 9.17) is 23.2 Å². The van der Waals surface area contributed by atoms with Crippen LogP contribution in [0.25, 0.3) is 10.9 Å². The van der Waals surface area contributed by atoms with Gasteiger partial charge in [-0.15, -0.1) is 0 Å². The lowest BCUT2D eigenvalue weighted by molar-refractivity contribution is 0.471. The van der Waals surface area contributed by atoms with E-state index in [1.54, 1.807) is 6.07 Å². The highest BCUT2D eigenvalue weighted by Crippen LogP contribution is 2.38. The van der Waals surface area contributed by atoms with Crippen molar-refractivity contribution in [2.24, 2.45) is 0 Å². The quantitative estimate of drug-likeness (QED) is 0.395. The Morgan fingerprint density at radius 1 is 0.897 bits per heavy atom. The predicted molar refractivity (Wildman–Crippen MR) is 119 cm³/mol. The average Bonchev–Trinajstić information content (AvgIpc) is 2.71. The van der Waals surface area contributed by atoms with Crippen LogP contribution in [0.1, 0.15) is 28.6 Å². The van der Waals surface area contributed by atoms with Crippen molar-refractivity contribution < 1.29 is 5.11 Å².